The number of ether oxygens (including phenoxy) is 1. The number of nitroso groups, excluding NO2 is 1. The molecule has 0 fully saturated rings. The topological polar surface area (TPSA) is 58.9 Å². The number of phenolic OH excluding ortho intramolecular Hbond substituents is 1. The van der Waals surface area contributed by atoms with Crippen molar-refractivity contribution in [2.24, 2.45) is 5.18 Å². The minimum Gasteiger partial charge on any atom is -0.506 e. The molecule has 0 aromatic heterocycles. The lowest BCUT2D eigenvalue weighted by molar-refractivity contribution is 0.412. The van der Waals surface area contributed by atoms with Crippen LogP contribution >= 0.6 is 0 Å². The molecule has 1 aromatic rings. The van der Waals surface area contributed by atoms with Gasteiger partial charge < -0.3 is 9.84 Å². The van der Waals surface area contributed by atoms with Gasteiger partial charge in [0, 0.05) is 6.07 Å². The molecular formula is C7H7NO3. The molecule has 4 nitrogen and oxygen atoms in total. The van der Waals surface area contributed by atoms with E-state index in [1.807, 2.05) is 0 Å². The number of aromatic hydroxyl groups is 1. The number of benzene rings is 1. The first-order valence-corrected chi connectivity index (χ1v) is 2.98. The molecule has 0 amide bonds. The van der Waals surface area contributed by atoms with Gasteiger partial charge in [-0.15, -0.1) is 4.91 Å². The van der Waals surface area contributed by atoms with E-state index in [0.29, 0.717) is 5.75 Å². The molecule has 1 rings (SSSR count). The van der Waals surface area contributed by atoms with Gasteiger partial charge in [0.2, 0.25) is 0 Å². The van der Waals surface area contributed by atoms with Crippen LogP contribution in [0.1, 0.15) is 0 Å². The first kappa shape index (κ1) is 7.53. The Morgan fingerprint density at radius 1 is 1.55 bits per heavy atom. The van der Waals surface area contributed by atoms with Crippen molar-refractivity contribution in [3.8, 4) is 11.5 Å². The Bertz CT molecular complexity index is 272. The van der Waals surface area contributed by atoms with Crippen LogP contribution in [0.25, 0.3) is 0 Å². The molecule has 4 heteroatoms. The van der Waals surface area contributed by atoms with E-state index in [-0.39, 0.29) is 11.4 Å². The molecule has 11 heavy (non-hydrogen) atoms. The molecule has 58 valence electrons. The minimum absolute atomic E-state index is 0.00986. The van der Waals surface area contributed by atoms with Crippen LogP contribution in [0.5, 0.6) is 11.5 Å². The Morgan fingerprint density at radius 3 is 2.82 bits per heavy atom. The molecule has 0 radical (unpaired) electrons. The average Bonchev–Trinajstić information content (AvgIpc) is 2.05. The van der Waals surface area contributed by atoms with Crippen molar-refractivity contribution < 1.29 is 9.84 Å². The first-order chi connectivity index (χ1) is 5.27. The summed E-state index contributed by atoms with van der Waals surface area (Å²) in [5.74, 6) is 0.359. The molecule has 0 saturated heterocycles. The van der Waals surface area contributed by atoms with Crippen molar-refractivity contribution in [3.05, 3.63) is 23.1 Å². The first-order valence-electron chi connectivity index (χ1n) is 2.98. The number of hydrogen-bond donors (Lipinski definition) is 1. The predicted octanol–water partition coefficient (Wildman–Crippen LogP) is 1.80. The van der Waals surface area contributed by atoms with Crippen LogP contribution in [0.4, 0.5) is 5.69 Å². The molecule has 0 unspecified atom stereocenters. The Labute approximate surface area is 63.4 Å². The third-order valence-electron chi connectivity index (χ3n) is 1.28. The van der Waals surface area contributed by atoms with Gasteiger partial charge in [-0.2, -0.15) is 0 Å². The summed E-state index contributed by atoms with van der Waals surface area (Å²) in [7, 11) is 1.47. The summed E-state index contributed by atoms with van der Waals surface area (Å²) in [6.07, 6.45) is 0. The van der Waals surface area contributed by atoms with E-state index in [2.05, 4.69) is 5.18 Å². The van der Waals surface area contributed by atoms with Gasteiger partial charge >= 0.3 is 0 Å². The van der Waals surface area contributed by atoms with Crippen molar-refractivity contribution in [1.82, 2.24) is 0 Å². The maximum absolute atomic E-state index is 10.0. The smallest absolute Gasteiger partial charge is 0.153 e. The molecule has 1 N–H and O–H groups in total. The second kappa shape index (κ2) is 3.01. The van der Waals surface area contributed by atoms with Gasteiger partial charge in [0.15, 0.2) is 5.69 Å². The van der Waals surface area contributed by atoms with Gasteiger partial charge in [0.25, 0.3) is 0 Å². The fraction of sp³-hybridized carbons (Fsp3) is 0.143. The third kappa shape index (κ3) is 1.46. The Hall–Kier alpha value is -1.58. The van der Waals surface area contributed by atoms with Crippen molar-refractivity contribution in [2.75, 3.05) is 7.11 Å². The van der Waals surface area contributed by atoms with Gasteiger partial charge in [0.1, 0.15) is 11.5 Å². The molecule has 0 aliphatic heterocycles. The lowest BCUT2D eigenvalue weighted by Gasteiger charge is -1.99. The summed E-state index contributed by atoms with van der Waals surface area (Å²) in [4.78, 5) is 10.0. The third-order valence-corrected chi connectivity index (χ3v) is 1.28. The molecular weight excluding hydrogens is 146 g/mol. The minimum atomic E-state index is -0.138. The highest BCUT2D eigenvalue weighted by molar-refractivity contribution is 5.54. The van der Waals surface area contributed by atoms with E-state index in [0.717, 1.165) is 0 Å². The van der Waals surface area contributed by atoms with Gasteiger partial charge in [-0.1, -0.05) is 0 Å². The van der Waals surface area contributed by atoms with Crippen LogP contribution in [-0.2, 0) is 0 Å². The largest absolute Gasteiger partial charge is 0.506 e. The highest BCUT2D eigenvalue weighted by Gasteiger charge is 2.01. The zero-order valence-corrected chi connectivity index (χ0v) is 5.94. The SMILES string of the molecule is COc1ccc(O)c(N=O)c1. The van der Waals surface area contributed by atoms with Crippen LogP contribution < -0.4 is 4.74 Å². The summed E-state index contributed by atoms with van der Waals surface area (Å²) in [6, 6.07) is 4.27. The van der Waals surface area contributed by atoms with Gasteiger partial charge in [-0.25, -0.2) is 0 Å². The number of hydrogen-bond acceptors (Lipinski definition) is 4. The molecule has 0 heterocycles. The number of methoxy groups -OCH3 is 1. The van der Waals surface area contributed by atoms with Gasteiger partial charge in [0.05, 0.1) is 7.11 Å². The number of nitrogens with zero attached hydrogens (tertiary/aromatic N) is 1. The second-order valence-corrected chi connectivity index (χ2v) is 1.95. The zero-order valence-electron chi connectivity index (χ0n) is 5.94. The maximum Gasteiger partial charge on any atom is 0.153 e. The molecule has 0 bridgehead atoms. The van der Waals surface area contributed by atoms with Gasteiger partial charge in [-0.3, -0.25) is 0 Å². The van der Waals surface area contributed by atoms with Crippen molar-refractivity contribution in [1.29, 1.82) is 0 Å². The zero-order chi connectivity index (χ0) is 8.27. The van der Waals surface area contributed by atoms with E-state index in [1.54, 1.807) is 6.07 Å². The van der Waals surface area contributed by atoms with Gasteiger partial charge in [-0.05, 0) is 17.3 Å². The van der Waals surface area contributed by atoms with Crippen LogP contribution in [0.2, 0.25) is 0 Å². The molecule has 0 aliphatic rings. The second-order valence-electron chi connectivity index (χ2n) is 1.95. The fourth-order valence-corrected chi connectivity index (χ4v) is 0.703. The van der Waals surface area contributed by atoms with Crippen LogP contribution in [0, 0.1) is 4.91 Å². The van der Waals surface area contributed by atoms with Crippen molar-refractivity contribution >= 4 is 5.69 Å². The van der Waals surface area contributed by atoms with Crippen LogP contribution in [0.3, 0.4) is 0 Å². The maximum atomic E-state index is 10.0. The van der Waals surface area contributed by atoms with E-state index in [1.165, 1.54) is 19.2 Å². The summed E-state index contributed by atoms with van der Waals surface area (Å²) in [6.45, 7) is 0. The Morgan fingerprint density at radius 2 is 2.27 bits per heavy atom. The highest BCUT2D eigenvalue weighted by atomic mass is 16.5. The van der Waals surface area contributed by atoms with Crippen LogP contribution in [-0.4, -0.2) is 12.2 Å². The van der Waals surface area contributed by atoms with E-state index in [9.17, 15) is 4.91 Å². The molecule has 0 aliphatic carbocycles. The summed E-state index contributed by atoms with van der Waals surface area (Å²) in [5.41, 5.74) is -0.00986. The normalized spacial score (nSPS) is 9.18. The fourth-order valence-electron chi connectivity index (χ4n) is 0.703. The van der Waals surface area contributed by atoms with Crippen LogP contribution in [0.15, 0.2) is 23.4 Å². The number of rotatable bonds is 2. The predicted molar refractivity (Wildman–Crippen MR) is 40.1 cm³/mol. The lowest BCUT2D eigenvalue weighted by Crippen LogP contribution is -1.80. The Kier molecular flexibility index (Phi) is 2.06. The average molecular weight is 153 g/mol. The van der Waals surface area contributed by atoms with E-state index >= 15 is 0 Å². The monoisotopic (exact) mass is 153 g/mol. The van der Waals surface area contributed by atoms with Crippen molar-refractivity contribution in [2.45, 2.75) is 0 Å². The van der Waals surface area contributed by atoms with E-state index in [4.69, 9.17) is 9.84 Å². The summed E-state index contributed by atoms with van der Waals surface area (Å²) >= 11 is 0. The number of phenols is 1. The van der Waals surface area contributed by atoms with Crippen molar-refractivity contribution in [3.63, 3.8) is 0 Å². The Balaban J connectivity index is 3.12. The molecule has 0 spiro atoms. The summed E-state index contributed by atoms with van der Waals surface area (Å²) in [5, 5.41) is 11.6. The summed E-state index contributed by atoms with van der Waals surface area (Å²) < 4.78 is 4.80. The lowest BCUT2D eigenvalue weighted by atomic mass is 10.3. The molecule has 0 saturated carbocycles. The standard InChI is InChI=1S/C7H7NO3/c1-11-5-2-3-7(9)6(4-5)8-10/h2-4,9H,1H3. The van der Waals surface area contributed by atoms with E-state index < -0.39 is 0 Å². The quantitative estimate of drug-likeness (QED) is 0.659. The highest BCUT2D eigenvalue weighted by Crippen LogP contribution is 2.29. The molecule has 0 atom stereocenters. The molecule has 1 aromatic carbocycles.